The van der Waals surface area contributed by atoms with Crippen LogP contribution in [0.2, 0.25) is 0 Å². The smallest absolute Gasteiger partial charge is 0.347 e. The Morgan fingerprint density at radius 2 is 1.48 bits per heavy atom. The fourth-order valence-electron chi connectivity index (χ4n) is 3.79. The third-order valence-electron chi connectivity index (χ3n) is 5.28. The molecular formula is C22H17NO6. The average Bonchev–Trinajstić information content (AvgIpc) is 3.00. The SMILES string of the molecule is Cc1cc(C2(c3ccc(O)c(C)c3)OC(=O)c3c([N+](=O)[O-])cccc32)ccc1O. The van der Waals surface area contributed by atoms with E-state index in [2.05, 4.69) is 0 Å². The van der Waals surface area contributed by atoms with Gasteiger partial charge in [0.05, 0.1) is 4.92 Å². The van der Waals surface area contributed by atoms with E-state index in [9.17, 15) is 25.1 Å². The summed E-state index contributed by atoms with van der Waals surface area (Å²) in [6, 6.07) is 14.0. The van der Waals surface area contributed by atoms with Crippen molar-refractivity contribution in [3.8, 4) is 11.5 Å². The fraction of sp³-hybridized carbons (Fsp3) is 0.136. The predicted octanol–water partition coefficient (Wildman–Crippen LogP) is 4.09. The number of esters is 1. The first-order valence-corrected chi connectivity index (χ1v) is 8.87. The van der Waals surface area contributed by atoms with Crippen LogP contribution in [0.3, 0.4) is 0 Å². The number of hydrogen-bond acceptors (Lipinski definition) is 6. The lowest BCUT2D eigenvalue weighted by atomic mass is 9.78. The number of benzene rings is 3. The van der Waals surface area contributed by atoms with Gasteiger partial charge in [0, 0.05) is 22.8 Å². The second-order valence-corrected chi connectivity index (χ2v) is 7.03. The van der Waals surface area contributed by atoms with Gasteiger partial charge in [0.2, 0.25) is 0 Å². The van der Waals surface area contributed by atoms with Crippen LogP contribution in [0, 0.1) is 24.0 Å². The number of hydrogen-bond donors (Lipinski definition) is 2. The molecule has 0 unspecified atom stereocenters. The number of phenolic OH excluding ortho intramolecular Hbond substituents is 2. The molecule has 1 heterocycles. The van der Waals surface area contributed by atoms with E-state index in [1.165, 1.54) is 24.3 Å². The second-order valence-electron chi connectivity index (χ2n) is 7.03. The van der Waals surface area contributed by atoms with E-state index in [0.717, 1.165) is 0 Å². The van der Waals surface area contributed by atoms with Gasteiger partial charge < -0.3 is 14.9 Å². The van der Waals surface area contributed by atoms with E-state index in [0.29, 0.717) is 27.8 Å². The number of nitro groups is 1. The summed E-state index contributed by atoms with van der Waals surface area (Å²) in [5.74, 6) is -0.646. The molecule has 0 amide bonds. The van der Waals surface area contributed by atoms with Gasteiger partial charge >= 0.3 is 5.97 Å². The summed E-state index contributed by atoms with van der Waals surface area (Å²) in [5, 5.41) is 31.4. The van der Waals surface area contributed by atoms with Gasteiger partial charge in [-0.05, 0) is 49.2 Å². The van der Waals surface area contributed by atoms with Crippen molar-refractivity contribution in [2.24, 2.45) is 0 Å². The lowest BCUT2D eigenvalue weighted by Crippen LogP contribution is -2.29. The van der Waals surface area contributed by atoms with Crippen molar-refractivity contribution in [3.63, 3.8) is 0 Å². The maximum absolute atomic E-state index is 12.8. The highest BCUT2D eigenvalue weighted by Crippen LogP contribution is 2.50. The molecule has 0 radical (unpaired) electrons. The molecule has 0 saturated carbocycles. The number of aryl methyl sites for hydroxylation is 2. The molecule has 2 N–H and O–H groups in total. The number of nitrogens with zero attached hydrogens (tertiary/aromatic N) is 1. The summed E-state index contributed by atoms with van der Waals surface area (Å²) in [6.07, 6.45) is 0. The van der Waals surface area contributed by atoms with Crippen LogP contribution in [-0.4, -0.2) is 21.1 Å². The number of fused-ring (bicyclic) bond motifs is 1. The highest BCUT2D eigenvalue weighted by atomic mass is 16.6. The summed E-state index contributed by atoms with van der Waals surface area (Å²) in [6.45, 7) is 3.42. The first-order chi connectivity index (χ1) is 13.8. The van der Waals surface area contributed by atoms with E-state index in [1.807, 2.05) is 0 Å². The lowest BCUT2D eigenvalue weighted by Gasteiger charge is -2.31. The Kier molecular flexibility index (Phi) is 4.04. The molecule has 0 fully saturated rings. The monoisotopic (exact) mass is 391 g/mol. The van der Waals surface area contributed by atoms with Gasteiger partial charge in [-0.25, -0.2) is 4.79 Å². The maximum atomic E-state index is 12.8. The predicted molar refractivity (Wildman–Crippen MR) is 104 cm³/mol. The molecule has 0 aliphatic carbocycles. The van der Waals surface area contributed by atoms with E-state index >= 15 is 0 Å². The average molecular weight is 391 g/mol. The molecule has 29 heavy (non-hydrogen) atoms. The van der Waals surface area contributed by atoms with Gasteiger partial charge in [-0.15, -0.1) is 0 Å². The van der Waals surface area contributed by atoms with Crippen LogP contribution in [0.25, 0.3) is 0 Å². The van der Waals surface area contributed by atoms with Crippen molar-refractivity contribution in [1.29, 1.82) is 0 Å². The molecule has 4 rings (SSSR count). The molecular weight excluding hydrogens is 374 g/mol. The summed E-state index contributed by atoms with van der Waals surface area (Å²) >= 11 is 0. The van der Waals surface area contributed by atoms with Crippen LogP contribution in [0.1, 0.15) is 38.2 Å². The molecule has 3 aromatic rings. The number of phenols is 2. The second kappa shape index (κ2) is 6.34. The Bertz CT molecular complexity index is 1130. The van der Waals surface area contributed by atoms with Gasteiger partial charge in [0.1, 0.15) is 17.1 Å². The minimum atomic E-state index is -1.45. The molecule has 7 heteroatoms. The fourth-order valence-corrected chi connectivity index (χ4v) is 3.79. The minimum absolute atomic E-state index is 0.0781. The van der Waals surface area contributed by atoms with Gasteiger partial charge in [0.15, 0.2) is 5.60 Å². The Balaban J connectivity index is 2.11. The zero-order valence-electron chi connectivity index (χ0n) is 15.7. The van der Waals surface area contributed by atoms with Crippen molar-refractivity contribution in [3.05, 3.63) is 98.1 Å². The number of rotatable bonds is 3. The van der Waals surface area contributed by atoms with Gasteiger partial charge in [-0.3, -0.25) is 10.1 Å². The topological polar surface area (TPSA) is 110 Å². The number of carbonyl (C=O) groups is 1. The third-order valence-corrected chi connectivity index (χ3v) is 5.28. The molecule has 1 aliphatic heterocycles. The minimum Gasteiger partial charge on any atom is -0.508 e. The lowest BCUT2D eigenvalue weighted by molar-refractivity contribution is -0.385. The highest BCUT2D eigenvalue weighted by Gasteiger charge is 2.51. The van der Waals surface area contributed by atoms with Crippen molar-refractivity contribution in [1.82, 2.24) is 0 Å². The number of carbonyl (C=O) groups excluding carboxylic acids is 1. The van der Waals surface area contributed by atoms with Gasteiger partial charge in [0.25, 0.3) is 5.69 Å². The van der Waals surface area contributed by atoms with Crippen LogP contribution >= 0.6 is 0 Å². The Morgan fingerprint density at radius 3 is 1.97 bits per heavy atom. The number of nitro benzene ring substituents is 1. The van der Waals surface area contributed by atoms with Crippen molar-refractivity contribution >= 4 is 11.7 Å². The Labute approximate surface area is 166 Å². The van der Waals surface area contributed by atoms with Crippen LogP contribution in [0.5, 0.6) is 11.5 Å². The summed E-state index contributed by atoms with van der Waals surface area (Å²) < 4.78 is 5.87. The van der Waals surface area contributed by atoms with E-state index in [-0.39, 0.29) is 22.7 Å². The van der Waals surface area contributed by atoms with E-state index in [4.69, 9.17) is 4.74 Å². The zero-order chi connectivity index (χ0) is 20.9. The summed E-state index contributed by atoms with van der Waals surface area (Å²) in [4.78, 5) is 23.7. The Hall–Kier alpha value is -3.87. The maximum Gasteiger partial charge on any atom is 0.347 e. The zero-order valence-corrected chi connectivity index (χ0v) is 15.7. The molecule has 0 aromatic heterocycles. The number of aromatic hydroxyl groups is 2. The highest BCUT2D eigenvalue weighted by molar-refractivity contribution is 6.00. The summed E-state index contributed by atoms with van der Waals surface area (Å²) in [7, 11) is 0. The van der Waals surface area contributed by atoms with Gasteiger partial charge in [-0.1, -0.05) is 24.3 Å². The standard InChI is InChI=1S/C22H17NO6/c1-12-10-14(6-8-18(12)24)22(15-7-9-19(25)13(2)11-15)16-4-3-5-17(23(27)28)20(16)21(26)29-22/h3-11,24-25H,1-2H3. The van der Waals surface area contributed by atoms with Crippen molar-refractivity contribution in [2.75, 3.05) is 0 Å². The number of cyclic esters (lactones) is 1. The molecule has 7 nitrogen and oxygen atoms in total. The quantitative estimate of drug-likeness (QED) is 0.395. The molecule has 0 spiro atoms. The molecule has 3 aromatic carbocycles. The largest absolute Gasteiger partial charge is 0.508 e. The van der Waals surface area contributed by atoms with Crippen molar-refractivity contribution < 1.29 is 24.7 Å². The van der Waals surface area contributed by atoms with Crippen LogP contribution in [0.15, 0.2) is 54.6 Å². The van der Waals surface area contributed by atoms with Gasteiger partial charge in [-0.2, -0.15) is 0 Å². The van der Waals surface area contributed by atoms with E-state index < -0.39 is 16.5 Å². The van der Waals surface area contributed by atoms with Crippen LogP contribution in [-0.2, 0) is 10.3 Å². The molecule has 146 valence electrons. The third kappa shape index (κ3) is 2.62. The molecule has 0 atom stereocenters. The number of ether oxygens (including phenoxy) is 1. The van der Waals surface area contributed by atoms with Crippen molar-refractivity contribution in [2.45, 2.75) is 19.4 Å². The molecule has 1 aliphatic rings. The molecule has 0 bridgehead atoms. The normalized spacial score (nSPS) is 14.3. The van der Waals surface area contributed by atoms with E-state index in [1.54, 1.807) is 44.2 Å². The summed E-state index contributed by atoms with van der Waals surface area (Å²) in [5.41, 5.74) is 0.645. The van der Waals surface area contributed by atoms with Crippen LogP contribution < -0.4 is 0 Å². The first kappa shape index (κ1) is 18.5. The Morgan fingerprint density at radius 1 is 0.931 bits per heavy atom. The first-order valence-electron chi connectivity index (χ1n) is 8.87. The van der Waals surface area contributed by atoms with Crippen LogP contribution in [0.4, 0.5) is 5.69 Å². The molecule has 0 saturated heterocycles.